The molecule has 0 bridgehead atoms. The van der Waals surface area contributed by atoms with Crippen molar-refractivity contribution in [2.45, 2.75) is 91.1 Å². The summed E-state index contributed by atoms with van der Waals surface area (Å²) in [6, 6.07) is 0.0653. The number of unbranched alkanes of at least 4 members (excludes halogenated alkanes) is 1. The van der Waals surface area contributed by atoms with Gasteiger partial charge in [-0.2, -0.15) is 5.48 Å². The molecule has 1 aromatic heterocycles. The Balaban J connectivity index is 3.06. The summed E-state index contributed by atoms with van der Waals surface area (Å²) >= 11 is 1.45. The van der Waals surface area contributed by atoms with Gasteiger partial charge < -0.3 is 14.0 Å². The van der Waals surface area contributed by atoms with Gasteiger partial charge in [-0.3, -0.25) is 0 Å². The van der Waals surface area contributed by atoms with Crippen LogP contribution in [-0.4, -0.2) is 38.5 Å². The van der Waals surface area contributed by atoms with Gasteiger partial charge >= 0.3 is 5.97 Å². The average molecular weight is 469 g/mol. The minimum absolute atomic E-state index is 0.0545. The van der Waals surface area contributed by atoms with Gasteiger partial charge in [0.1, 0.15) is 5.01 Å². The monoisotopic (exact) mass is 468 g/mol. The lowest BCUT2D eigenvalue weighted by molar-refractivity contribution is -0.00940. The van der Waals surface area contributed by atoms with Crippen molar-refractivity contribution in [3.63, 3.8) is 0 Å². The van der Waals surface area contributed by atoms with Crippen molar-refractivity contribution in [1.82, 2.24) is 10.5 Å². The van der Waals surface area contributed by atoms with E-state index in [0.29, 0.717) is 37.7 Å². The van der Waals surface area contributed by atoms with E-state index in [4.69, 9.17) is 20.4 Å². The number of nitrogens with one attached hydrogen (secondary N) is 1. The normalized spacial score (nSPS) is 14.3. The highest BCUT2D eigenvalue weighted by Crippen LogP contribution is 2.41. The molecule has 0 aliphatic carbocycles. The second-order valence-electron chi connectivity index (χ2n) is 9.52. The summed E-state index contributed by atoms with van der Waals surface area (Å²) in [7, 11) is -2.07. The van der Waals surface area contributed by atoms with E-state index in [2.05, 4.69) is 64.1 Å². The van der Waals surface area contributed by atoms with Crippen LogP contribution in [-0.2, 0) is 14.0 Å². The largest absolute Gasteiger partial charge is 0.461 e. The summed E-state index contributed by atoms with van der Waals surface area (Å²) in [5.41, 5.74) is 3.54. The molecule has 31 heavy (non-hydrogen) atoms. The van der Waals surface area contributed by atoms with Gasteiger partial charge in [0.05, 0.1) is 19.3 Å². The number of thiazole rings is 1. The molecule has 0 spiro atoms. The number of hydrogen-bond acceptors (Lipinski definition) is 7. The van der Waals surface area contributed by atoms with Gasteiger partial charge in [-0.05, 0) is 43.8 Å². The number of esters is 1. The predicted octanol–water partition coefficient (Wildman–Crippen LogP) is 5.73. The average Bonchev–Trinajstić information content (AvgIpc) is 3.15. The Bertz CT molecular complexity index is 722. The number of hydroxylamine groups is 1. The first kappa shape index (κ1) is 27.8. The number of terminal acetylenes is 1. The number of aromatic nitrogens is 1. The van der Waals surface area contributed by atoms with Crippen LogP contribution in [0.3, 0.4) is 0 Å². The second kappa shape index (κ2) is 12.7. The number of hydrogen-bond donors (Lipinski definition) is 1. The molecule has 0 fully saturated rings. The van der Waals surface area contributed by atoms with E-state index in [-0.39, 0.29) is 17.2 Å². The third kappa shape index (κ3) is 9.03. The van der Waals surface area contributed by atoms with Gasteiger partial charge in [0.25, 0.3) is 0 Å². The molecule has 0 unspecified atom stereocenters. The molecular formula is C23H40N2O4SSi. The van der Waals surface area contributed by atoms with Crippen molar-refractivity contribution in [1.29, 1.82) is 0 Å². The molecule has 6 nitrogen and oxygen atoms in total. The molecule has 1 rings (SSSR count). The van der Waals surface area contributed by atoms with Crippen molar-refractivity contribution in [3.05, 3.63) is 16.1 Å². The van der Waals surface area contributed by atoms with Crippen LogP contribution in [0, 0.1) is 18.3 Å². The molecule has 0 saturated carbocycles. The van der Waals surface area contributed by atoms with Gasteiger partial charge in [-0.1, -0.05) is 34.6 Å². The first-order chi connectivity index (χ1) is 14.4. The summed E-state index contributed by atoms with van der Waals surface area (Å²) in [5, 5.41) is 2.61. The smallest absolute Gasteiger partial charge is 0.357 e. The van der Waals surface area contributed by atoms with Crippen molar-refractivity contribution < 1.29 is 18.8 Å². The molecule has 0 saturated heterocycles. The van der Waals surface area contributed by atoms with Gasteiger partial charge in [0, 0.05) is 17.8 Å². The van der Waals surface area contributed by atoms with Gasteiger partial charge in [0.2, 0.25) is 0 Å². The zero-order valence-corrected chi connectivity index (χ0v) is 22.2. The fourth-order valence-electron chi connectivity index (χ4n) is 2.57. The summed E-state index contributed by atoms with van der Waals surface area (Å²) in [6.45, 7) is 18.1. The second-order valence-corrected chi connectivity index (χ2v) is 15.2. The first-order valence-electron chi connectivity index (χ1n) is 11.0. The lowest BCUT2D eigenvalue weighted by atomic mass is 9.99. The van der Waals surface area contributed by atoms with E-state index in [0.717, 1.165) is 11.4 Å². The minimum Gasteiger partial charge on any atom is -0.461 e. The fraction of sp³-hybridized carbons (Fsp3) is 0.739. The van der Waals surface area contributed by atoms with Gasteiger partial charge in [0.15, 0.2) is 14.0 Å². The van der Waals surface area contributed by atoms with Crippen LogP contribution >= 0.6 is 11.3 Å². The summed E-state index contributed by atoms with van der Waals surface area (Å²) in [5.74, 6) is 2.55. The lowest BCUT2D eigenvalue weighted by Gasteiger charge is -2.40. The number of carbonyl (C=O) groups excluding carboxylic acids is 1. The van der Waals surface area contributed by atoms with Crippen LogP contribution in [0.25, 0.3) is 0 Å². The highest BCUT2D eigenvalue weighted by Gasteiger charge is 2.41. The number of rotatable bonds is 13. The maximum Gasteiger partial charge on any atom is 0.357 e. The van der Waals surface area contributed by atoms with Crippen molar-refractivity contribution >= 4 is 25.6 Å². The first-order valence-corrected chi connectivity index (χ1v) is 14.8. The zero-order chi connectivity index (χ0) is 23.7. The quantitative estimate of drug-likeness (QED) is 0.131. The predicted molar refractivity (Wildman–Crippen MR) is 129 cm³/mol. The van der Waals surface area contributed by atoms with Crippen LogP contribution in [0.2, 0.25) is 18.1 Å². The van der Waals surface area contributed by atoms with Crippen LogP contribution < -0.4 is 5.48 Å². The molecule has 176 valence electrons. The highest BCUT2D eigenvalue weighted by atomic mass is 32.1. The standard InChI is InChI=1S/C23H40N2O4SSi/c1-10-12-13-14-28-25-18(17(3)4)15-20(29-31(8,9)23(5,6)7)21-24-19(16-30-21)22(26)27-11-2/h1,16-18,20,25H,11-15H2,2-9H3/t18-,20-/m1/s1. The third-order valence-corrected chi connectivity index (χ3v) is 11.0. The third-order valence-electron chi connectivity index (χ3n) is 5.60. The van der Waals surface area contributed by atoms with Crippen molar-refractivity contribution in [2.75, 3.05) is 13.2 Å². The number of ether oxygens (including phenoxy) is 1. The molecule has 0 radical (unpaired) electrons. The Hall–Kier alpha value is -1.24. The Labute approximate surface area is 193 Å². The highest BCUT2D eigenvalue weighted by molar-refractivity contribution is 7.09. The Kier molecular flexibility index (Phi) is 11.4. The molecular weight excluding hydrogens is 428 g/mol. The van der Waals surface area contributed by atoms with E-state index >= 15 is 0 Å². The molecule has 0 aromatic carbocycles. The number of carbonyl (C=O) groups is 1. The van der Waals surface area contributed by atoms with Crippen molar-refractivity contribution in [3.8, 4) is 12.3 Å². The Morgan fingerprint density at radius 3 is 2.58 bits per heavy atom. The maximum absolute atomic E-state index is 12.1. The molecule has 0 aliphatic rings. The summed E-state index contributed by atoms with van der Waals surface area (Å²) < 4.78 is 11.9. The summed E-state index contributed by atoms with van der Waals surface area (Å²) in [6.07, 6.45) is 7.27. The number of nitrogens with zero attached hydrogens (tertiary/aromatic N) is 1. The summed E-state index contributed by atoms with van der Waals surface area (Å²) in [4.78, 5) is 22.4. The Morgan fingerprint density at radius 1 is 1.35 bits per heavy atom. The van der Waals surface area contributed by atoms with E-state index in [9.17, 15) is 4.79 Å². The maximum atomic E-state index is 12.1. The zero-order valence-electron chi connectivity index (χ0n) is 20.4. The van der Waals surface area contributed by atoms with Crippen molar-refractivity contribution in [2.24, 2.45) is 5.92 Å². The lowest BCUT2D eigenvalue weighted by Crippen LogP contribution is -2.44. The van der Waals surface area contributed by atoms with E-state index < -0.39 is 14.3 Å². The molecule has 1 aromatic rings. The molecule has 1 N–H and O–H groups in total. The molecule has 0 amide bonds. The van der Waals surface area contributed by atoms with E-state index in [1.165, 1.54) is 11.3 Å². The molecule has 0 aliphatic heterocycles. The van der Waals surface area contributed by atoms with Gasteiger partial charge in [-0.15, -0.1) is 23.7 Å². The minimum atomic E-state index is -2.07. The molecule has 1 heterocycles. The fourth-order valence-corrected chi connectivity index (χ4v) is 4.75. The molecule has 8 heteroatoms. The topological polar surface area (TPSA) is 69.7 Å². The van der Waals surface area contributed by atoms with Crippen LogP contribution in [0.4, 0.5) is 0 Å². The van der Waals surface area contributed by atoms with Crippen LogP contribution in [0.15, 0.2) is 5.38 Å². The van der Waals surface area contributed by atoms with E-state index in [1.54, 1.807) is 12.3 Å². The SMILES string of the molecule is C#CCCCON[C@H](C[C@@H](O[Si](C)(C)C(C)(C)C)c1nc(C(=O)OCC)cs1)C(C)C. The van der Waals surface area contributed by atoms with Gasteiger partial charge in [-0.25, -0.2) is 9.78 Å². The molecule has 2 atom stereocenters. The Morgan fingerprint density at radius 2 is 2.03 bits per heavy atom. The van der Waals surface area contributed by atoms with Crippen LogP contribution in [0.1, 0.15) is 82.4 Å². The van der Waals surface area contributed by atoms with Crippen LogP contribution in [0.5, 0.6) is 0 Å². The van der Waals surface area contributed by atoms with E-state index in [1.807, 2.05) is 0 Å².